The minimum absolute atomic E-state index is 0.0399. The lowest BCUT2D eigenvalue weighted by Gasteiger charge is -2.17. The Morgan fingerprint density at radius 1 is 1.08 bits per heavy atom. The molecule has 2 aromatic carbocycles. The van der Waals surface area contributed by atoms with Crippen molar-refractivity contribution < 1.29 is 19.4 Å². The minimum atomic E-state index is -0.888. The molecule has 1 aliphatic rings. The van der Waals surface area contributed by atoms with Crippen LogP contribution >= 0.6 is 0 Å². The molecule has 1 atom stereocenters. The van der Waals surface area contributed by atoms with Gasteiger partial charge in [0.05, 0.1) is 6.42 Å². The molecule has 136 valence electrons. The molecule has 0 radical (unpaired) electrons. The number of hydrogen-bond donors (Lipinski definition) is 2. The Morgan fingerprint density at radius 3 is 2.38 bits per heavy atom. The number of nitrogens with one attached hydrogen (secondary N) is 1. The first kappa shape index (κ1) is 18.0. The van der Waals surface area contributed by atoms with Crippen LogP contribution in [0, 0.1) is 0 Å². The third-order valence-corrected chi connectivity index (χ3v) is 4.58. The standard InChI is InChI=1S/C21H23NO4/c23-20(24)12-19(18-10-8-17(9-11-18)16-6-7-16)13-22-21(25)26-14-15-4-2-1-3-5-15/h1-5,8-11,16,19H,6-7,12-14H2,(H,22,25)(H,23,24). The van der Waals surface area contributed by atoms with E-state index in [0.29, 0.717) is 5.92 Å². The van der Waals surface area contributed by atoms with Crippen LogP contribution in [0.4, 0.5) is 4.79 Å². The summed E-state index contributed by atoms with van der Waals surface area (Å²) < 4.78 is 5.18. The Kier molecular flexibility index (Phi) is 5.89. The van der Waals surface area contributed by atoms with E-state index in [4.69, 9.17) is 4.74 Å². The van der Waals surface area contributed by atoms with Gasteiger partial charge in [0.25, 0.3) is 0 Å². The number of rotatable bonds is 8. The first-order valence-corrected chi connectivity index (χ1v) is 8.88. The van der Waals surface area contributed by atoms with Crippen LogP contribution in [-0.2, 0) is 16.1 Å². The summed E-state index contributed by atoms with van der Waals surface area (Å²) in [6.45, 7) is 0.412. The van der Waals surface area contributed by atoms with Gasteiger partial charge >= 0.3 is 12.1 Å². The van der Waals surface area contributed by atoms with Gasteiger partial charge in [-0.25, -0.2) is 4.79 Å². The van der Waals surface area contributed by atoms with Crippen LogP contribution in [0.3, 0.4) is 0 Å². The molecule has 5 heteroatoms. The molecule has 1 saturated carbocycles. The van der Waals surface area contributed by atoms with Crippen molar-refractivity contribution in [3.63, 3.8) is 0 Å². The number of alkyl carbamates (subject to hydrolysis) is 1. The zero-order valence-electron chi connectivity index (χ0n) is 14.6. The number of aliphatic carboxylic acids is 1. The Balaban J connectivity index is 1.53. The average Bonchev–Trinajstić information content (AvgIpc) is 3.49. The van der Waals surface area contributed by atoms with Gasteiger partial charge in [-0.05, 0) is 35.4 Å². The second-order valence-electron chi connectivity index (χ2n) is 6.68. The number of hydrogen-bond acceptors (Lipinski definition) is 3. The van der Waals surface area contributed by atoms with Crippen LogP contribution in [0.1, 0.15) is 47.8 Å². The number of carboxylic acid groups (broad SMARTS) is 1. The highest BCUT2D eigenvalue weighted by molar-refractivity contribution is 5.69. The Labute approximate surface area is 153 Å². The molecule has 2 aromatic rings. The molecule has 1 fully saturated rings. The zero-order valence-corrected chi connectivity index (χ0v) is 14.6. The van der Waals surface area contributed by atoms with E-state index in [1.807, 2.05) is 42.5 Å². The third kappa shape index (κ3) is 5.34. The smallest absolute Gasteiger partial charge is 0.407 e. The Bertz CT molecular complexity index is 738. The van der Waals surface area contributed by atoms with Gasteiger partial charge in [-0.15, -0.1) is 0 Å². The van der Waals surface area contributed by atoms with E-state index in [2.05, 4.69) is 17.4 Å². The molecule has 0 saturated heterocycles. The summed E-state index contributed by atoms with van der Waals surface area (Å²) in [7, 11) is 0. The molecule has 3 rings (SSSR count). The fourth-order valence-electron chi connectivity index (χ4n) is 2.96. The fourth-order valence-corrected chi connectivity index (χ4v) is 2.96. The highest BCUT2D eigenvalue weighted by Gasteiger charge is 2.24. The summed E-state index contributed by atoms with van der Waals surface area (Å²) in [5.41, 5.74) is 3.12. The van der Waals surface area contributed by atoms with E-state index in [-0.39, 0.29) is 25.5 Å². The quantitative estimate of drug-likeness (QED) is 0.751. The first-order chi connectivity index (χ1) is 12.6. The molecule has 5 nitrogen and oxygen atoms in total. The third-order valence-electron chi connectivity index (χ3n) is 4.58. The normalized spacial score (nSPS) is 14.5. The predicted molar refractivity (Wildman–Crippen MR) is 98.0 cm³/mol. The minimum Gasteiger partial charge on any atom is -0.481 e. The van der Waals surface area contributed by atoms with Crippen molar-refractivity contribution in [2.45, 2.75) is 37.7 Å². The molecular formula is C21H23NO4. The monoisotopic (exact) mass is 353 g/mol. The lowest BCUT2D eigenvalue weighted by atomic mass is 9.94. The molecule has 0 aliphatic heterocycles. The van der Waals surface area contributed by atoms with Crippen molar-refractivity contribution in [3.8, 4) is 0 Å². The van der Waals surface area contributed by atoms with Crippen LogP contribution < -0.4 is 5.32 Å². The number of amides is 1. The molecule has 1 amide bonds. The van der Waals surface area contributed by atoms with Crippen molar-refractivity contribution in [1.29, 1.82) is 0 Å². The summed E-state index contributed by atoms with van der Waals surface area (Å²) >= 11 is 0. The van der Waals surface area contributed by atoms with Gasteiger partial charge in [-0.2, -0.15) is 0 Å². The molecule has 26 heavy (non-hydrogen) atoms. The van der Waals surface area contributed by atoms with E-state index in [1.165, 1.54) is 18.4 Å². The van der Waals surface area contributed by atoms with E-state index in [9.17, 15) is 14.7 Å². The number of carbonyl (C=O) groups excluding carboxylic acids is 1. The maximum Gasteiger partial charge on any atom is 0.407 e. The van der Waals surface area contributed by atoms with Crippen LogP contribution in [0.25, 0.3) is 0 Å². The number of benzene rings is 2. The molecule has 0 heterocycles. The van der Waals surface area contributed by atoms with Crippen molar-refractivity contribution >= 4 is 12.1 Å². The van der Waals surface area contributed by atoms with Gasteiger partial charge in [0.15, 0.2) is 0 Å². The maximum atomic E-state index is 11.9. The SMILES string of the molecule is O=C(O)CC(CNC(=O)OCc1ccccc1)c1ccc(C2CC2)cc1. The van der Waals surface area contributed by atoms with Crippen LogP contribution in [0.15, 0.2) is 54.6 Å². The number of carbonyl (C=O) groups is 2. The molecular weight excluding hydrogens is 330 g/mol. The molecule has 0 spiro atoms. The number of ether oxygens (including phenoxy) is 1. The molecule has 0 bridgehead atoms. The molecule has 1 unspecified atom stereocenters. The first-order valence-electron chi connectivity index (χ1n) is 8.88. The van der Waals surface area contributed by atoms with Crippen molar-refractivity contribution in [2.75, 3.05) is 6.54 Å². The molecule has 1 aliphatic carbocycles. The van der Waals surface area contributed by atoms with E-state index in [1.54, 1.807) is 0 Å². The summed E-state index contributed by atoms with van der Waals surface area (Å²) in [6, 6.07) is 17.5. The van der Waals surface area contributed by atoms with Crippen LogP contribution in [0.2, 0.25) is 0 Å². The lowest BCUT2D eigenvalue weighted by molar-refractivity contribution is -0.137. The van der Waals surface area contributed by atoms with Crippen LogP contribution in [-0.4, -0.2) is 23.7 Å². The highest BCUT2D eigenvalue weighted by Crippen LogP contribution is 2.40. The van der Waals surface area contributed by atoms with Crippen LogP contribution in [0.5, 0.6) is 0 Å². The van der Waals surface area contributed by atoms with Gasteiger partial charge in [0, 0.05) is 12.5 Å². The lowest BCUT2D eigenvalue weighted by Crippen LogP contribution is -2.30. The second-order valence-corrected chi connectivity index (χ2v) is 6.68. The predicted octanol–water partition coefficient (Wildman–Crippen LogP) is 4.05. The zero-order chi connectivity index (χ0) is 18.4. The van der Waals surface area contributed by atoms with Gasteiger partial charge in [-0.1, -0.05) is 54.6 Å². The summed E-state index contributed by atoms with van der Waals surface area (Å²) in [5, 5.41) is 11.9. The average molecular weight is 353 g/mol. The van der Waals surface area contributed by atoms with Crippen molar-refractivity contribution in [2.24, 2.45) is 0 Å². The topological polar surface area (TPSA) is 75.6 Å². The molecule has 0 aromatic heterocycles. The summed E-state index contributed by atoms with van der Waals surface area (Å²) in [4.78, 5) is 23.1. The van der Waals surface area contributed by atoms with Gasteiger partial charge in [0.1, 0.15) is 6.61 Å². The van der Waals surface area contributed by atoms with E-state index >= 15 is 0 Å². The Morgan fingerprint density at radius 2 is 1.77 bits per heavy atom. The maximum absolute atomic E-state index is 11.9. The summed E-state index contributed by atoms with van der Waals surface area (Å²) in [5.74, 6) is -0.515. The number of carboxylic acids is 1. The Hall–Kier alpha value is -2.82. The van der Waals surface area contributed by atoms with E-state index in [0.717, 1.165) is 11.1 Å². The molecule has 2 N–H and O–H groups in total. The van der Waals surface area contributed by atoms with Gasteiger partial charge in [-0.3, -0.25) is 4.79 Å². The van der Waals surface area contributed by atoms with Crippen molar-refractivity contribution in [3.05, 3.63) is 71.3 Å². The second kappa shape index (κ2) is 8.52. The highest BCUT2D eigenvalue weighted by atomic mass is 16.5. The van der Waals surface area contributed by atoms with Gasteiger partial charge in [0.2, 0.25) is 0 Å². The largest absolute Gasteiger partial charge is 0.481 e. The summed E-state index contributed by atoms with van der Waals surface area (Å²) in [6.07, 6.45) is 1.88. The van der Waals surface area contributed by atoms with Gasteiger partial charge < -0.3 is 15.2 Å². The van der Waals surface area contributed by atoms with E-state index < -0.39 is 12.1 Å². The van der Waals surface area contributed by atoms with Crippen molar-refractivity contribution in [1.82, 2.24) is 5.32 Å². The fraction of sp³-hybridized carbons (Fsp3) is 0.333.